The van der Waals surface area contributed by atoms with Gasteiger partial charge in [0.05, 0.1) is 5.69 Å². The minimum absolute atomic E-state index is 0.252. The van der Waals surface area contributed by atoms with Crippen molar-refractivity contribution in [2.24, 2.45) is 0 Å². The summed E-state index contributed by atoms with van der Waals surface area (Å²) in [6, 6.07) is 10.3. The number of benzene rings is 1. The van der Waals surface area contributed by atoms with Crippen molar-refractivity contribution >= 4 is 17.5 Å². The number of carbonyl (C=O) groups excluding carboxylic acids is 1. The van der Waals surface area contributed by atoms with Gasteiger partial charge >= 0.3 is 6.03 Å². The average Bonchev–Trinajstić information content (AvgIpc) is 3.07. The van der Waals surface area contributed by atoms with Crippen molar-refractivity contribution in [2.45, 2.75) is 46.5 Å². The third-order valence-corrected chi connectivity index (χ3v) is 4.37. The van der Waals surface area contributed by atoms with E-state index in [0.29, 0.717) is 23.6 Å². The molecule has 3 rings (SSSR count). The summed E-state index contributed by atoms with van der Waals surface area (Å²) in [5.74, 6) is 0.673. The van der Waals surface area contributed by atoms with Crippen molar-refractivity contribution in [1.82, 2.24) is 19.7 Å². The number of aryl methyl sites for hydroxylation is 2. The summed E-state index contributed by atoms with van der Waals surface area (Å²) >= 11 is 0. The van der Waals surface area contributed by atoms with E-state index in [2.05, 4.69) is 25.7 Å². The van der Waals surface area contributed by atoms with E-state index in [0.717, 1.165) is 11.3 Å². The number of aromatic amines is 1. The molecule has 0 saturated carbocycles. The first-order valence-corrected chi connectivity index (χ1v) is 9.51. The number of carbonyl (C=O) groups is 1. The Hall–Kier alpha value is -3.42. The fourth-order valence-corrected chi connectivity index (χ4v) is 2.69. The molecule has 0 radical (unpaired) electrons. The monoisotopic (exact) mass is 394 g/mol. The van der Waals surface area contributed by atoms with Crippen LogP contribution in [0.2, 0.25) is 0 Å². The summed E-state index contributed by atoms with van der Waals surface area (Å²) < 4.78 is 1.45. The molecule has 29 heavy (non-hydrogen) atoms. The second-order valence-electron chi connectivity index (χ2n) is 7.94. The smallest absolute Gasteiger partial charge is 0.308 e. The van der Waals surface area contributed by atoms with Gasteiger partial charge in [-0.3, -0.25) is 15.1 Å². The lowest BCUT2D eigenvalue weighted by atomic mass is 9.92. The van der Waals surface area contributed by atoms with E-state index in [-0.39, 0.29) is 16.9 Å². The number of rotatable bonds is 4. The van der Waals surface area contributed by atoms with Crippen LogP contribution < -0.4 is 16.2 Å². The molecule has 0 aliphatic heterocycles. The second kappa shape index (κ2) is 7.90. The molecule has 152 valence electrons. The number of hydrogen-bond acceptors (Lipinski definition) is 4. The van der Waals surface area contributed by atoms with Gasteiger partial charge in [-0.05, 0) is 25.5 Å². The van der Waals surface area contributed by atoms with Crippen LogP contribution in [0.15, 0.2) is 41.2 Å². The zero-order valence-corrected chi connectivity index (χ0v) is 17.3. The molecule has 3 aromatic rings. The van der Waals surface area contributed by atoms with E-state index in [9.17, 15) is 9.59 Å². The van der Waals surface area contributed by atoms with E-state index in [4.69, 9.17) is 0 Å². The zero-order chi connectivity index (χ0) is 21.2. The van der Waals surface area contributed by atoms with Gasteiger partial charge in [0.2, 0.25) is 5.95 Å². The average molecular weight is 394 g/mol. The molecule has 0 aliphatic carbocycles. The predicted molar refractivity (Wildman–Crippen MR) is 114 cm³/mol. The van der Waals surface area contributed by atoms with Gasteiger partial charge < -0.3 is 5.32 Å². The van der Waals surface area contributed by atoms with E-state index in [1.54, 1.807) is 6.07 Å². The number of nitrogens with zero attached hydrogens (tertiary/aromatic N) is 3. The first kappa shape index (κ1) is 20.3. The number of amides is 2. The Morgan fingerprint density at radius 1 is 1.14 bits per heavy atom. The van der Waals surface area contributed by atoms with E-state index in [1.807, 2.05) is 58.9 Å². The number of hydrogen-bond donors (Lipinski definition) is 3. The molecule has 1 aromatic carbocycles. The number of aromatic nitrogens is 4. The lowest BCUT2D eigenvalue weighted by Gasteiger charge is -2.13. The van der Waals surface area contributed by atoms with E-state index >= 15 is 0 Å². The third kappa shape index (κ3) is 4.90. The normalized spacial score (nSPS) is 11.3. The lowest BCUT2D eigenvalue weighted by Crippen LogP contribution is -2.23. The standard InChI is InChI=1S/C21H26N6O2/c1-6-14-11-18(28)25-19(22-14)27-17(12-16(26-27)21(3,4)5)24-20(29)23-15-9-7-13(2)8-10-15/h7-12H,6H2,1-5H3,(H,22,25,28)(H2,23,24,29). The molecule has 0 bridgehead atoms. The summed E-state index contributed by atoms with van der Waals surface area (Å²) in [5, 5.41) is 10.2. The van der Waals surface area contributed by atoms with Crippen LogP contribution in [-0.4, -0.2) is 25.8 Å². The van der Waals surface area contributed by atoms with Crippen molar-refractivity contribution in [3.63, 3.8) is 0 Å². The highest BCUT2D eigenvalue weighted by Gasteiger charge is 2.22. The maximum Gasteiger partial charge on any atom is 0.324 e. The van der Waals surface area contributed by atoms with Crippen LogP contribution in [0.5, 0.6) is 0 Å². The highest BCUT2D eigenvalue weighted by Crippen LogP contribution is 2.25. The van der Waals surface area contributed by atoms with Crippen LogP contribution in [0.4, 0.5) is 16.3 Å². The van der Waals surface area contributed by atoms with Crippen LogP contribution >= 0.6 is 0 Å². The van der Waals surface area contributed by atoms with Crippen molar-refractivity contribution in [1.29, 1.82) is 0 Å². The van der Waals surface area contributed by atoms with Gasteiger partial charge in [-0.15, -0.1) is 0 Å². The third-order valence-electron chi connectivity index (χ3n) is 4.37. The minimum Gasteiger partial charge on any atom is -0.308 e. The highest BCUT2D eigenvalue weighted by atomic mass is 16.2. The van der Waals surface area contributed by atoms with Gasteiger partial charge in [0.1, 0.15) is 5.82 Å². The molecular weight excluding hydrogens is 368 g/mol. The van der Waals surface area contributed by atoms with Crippen molar-refractivity contribution < 1.29 is 4.79 Å². The van der Waals surface area contributed by atoms with Gasteiger partial charge in [-0.2, -0.15) is 9.78 Å². The number of H-pyrrole nitrogens is 1. The summed E-state index contributed by atoms with van der Waals surface area (Å²) in [6.45, 7) is 9.97. The predicted octanol–water partition coefficient (Wildman–Crippen LogP) is 3.77. The maximum absolute atomic E-state index is 12.5. The summed E-state index contributed by atoms with van der Waals surface area (Å²) in [7, 11) is 0. The molecule has 8 nitrogen and oxygen atoms in total. The van der Waals surface area contributed by atoms with Crippen molar-refractivity contribution in [2.75, 3.05) is 10.6 Å². The van der Waals surface area contributed by atoms with Crippen LogP contribution in [-0.2, 0) is 11.8 Å². The summed E-state index contributed by atoms with van der Waals surface area (Å²) in [5.41, 5.74) is 2.66. The van der Waals surface area contributed by atoms with E-state index < -0.39 is 6.03 Å². The quantitative estimate of drug-likeness (QED) is 0.626. The molecule has 2 heterocycles. The molecule has 3 N–H and O–H groups in total. The molecular formula is C21H26N6O2. The first-order valence-electron chi connectivity index (χ1n) is 9.51. The Kier molecular flexibility index (Phi) is 5.54. The lowest BCUT2D eigenvalue weighted by molar-refractivity contribution is 0.262. The van der Waals surface area contributed by atoms with Crippen LogP contribution in [0.3, 0.4) is 0 Å². The molecule has 0 atom stereocenters. The van der Waals surface area contributed by atoms with Gasteiger partial charge in [0.15, 0.2) is 0 Å². The molecule has 2 aromatic heterocycles. The molecule has 0 unspecified atom stereocenters. The molecule has 0 spiro atoms. The number of anilines is 2. The molecule has 8 heteroatoms. The molecule has 0 fully saturated rings. The molecule has 0 aliphatic rings. The van der Waals surface area contributed by atoms with Crippen LogP contribution in [0, 0.1) is 6.92 Å². The Bertz CT molecular complexity index is 1070. The highest BCUT2D eigenvalue weighted by molar-refractivity contribution is 5.99. The Balaban J connectivity index is 1.96. The first-order chi connectivity index (χ1) is 13.7. The summed E-state index contributed by atoms with van der Waals surface area (Å²) in [4.78, 5) is 31.7. The largest absolute Gasteiger partial charge is 0.324 e. The van der Waals surface area contributed by atoms with Crippen LogP contribution in [0.25, 0.3) is 5.95 Å². The zero-order valence-electron chi connectivity index (χ0n) is 17.3. The van der Waals surface area contributed by atoms with Crippen molar-refractivity contribution in [3.8, 4) is 5.95 Å². The number of urea groups is 1. The topological polar surface area (TPSA) is 105 Å². The second-order valence-corrected chi connectivity index (χ2v) is 7.94. The van der Waals surface area contributed by atoms with Gasteiger partial charge in [-0.25, -0.2) is 9.78 Å². The fourth-order valence-electron chi connectivity index (χ4n) is 2.69. The Morgan fingerprint density at radius 2 is 1.83 bits per heavy atom. The van der Waals surface area contributed by atoms with Crippen LogP contribution in [0.1, 0.15) is 44.6 Å². The molecule has 0 saturated heterocycles. The Labute approximate surface area is 169 Å². The Morgan fingerprint density at radius 3 is 2.45 bits per heavy atom. The van der Waals surface area contributed by atoms with E-state index in [1.165, 1.54) is 10.7 Å². The van der Waals surface area contributed by atoms with Gasteiger partial charge in [0, 0.05) is 28.9 Å². The fraction of sp³-hybridized carbons (Fsp3) is 0.333. The number of nitrogens with one attached hydrogen (secondary N) is 3. The SMILES string of the molecule is CCc1cc(=O)[nH]c(-n2nc(C(C)(C)C)cc2NC(=O)Nc2ccc(C)cc2)n1. The minimum atomic E-state index is -0.413. The maximum atomic E-state index is 12.5. The summed E-state index contributed by atoms with van der Waals surface area (Å²) in [6.07, 6.45) is 0.612. The van der Waals surface area contributed by atoms with Gasteiger partial charge in [0.25, 0.3) is 5.56 Å². The van der Waals surface area contributed by atoms with Gasteiger partial charge in [-0.1, -0.05) is 45.4 Å². The van der Waals surface area contributed by atoms with Crippen molar-refractivity contribution in [3.05, 3.63) is 63.7 Å². The molecule has 2 amide bonds.